The topological polar surface area (TPSA) is 89.1 Å². The number of fused-ring (bicyclic) bond motifs is 1. The van der Waals surface area contributed by atoms with Crippen molar-refractivity contribution in [2.24, 2.45) is 0 Å². The second kappa shape index (κ2) is 4.41. The minimum absolute atomic E-state index is 0.248. The van der Waals surface area contributed by atoms with Crippen LogP contribution in [0.1, 0.15) is 0 Å². The first-order chi connectivity index (χ1) is 10.3. The van der Waals surface area contributed by atoms with Gasteiger partial charge in [-0.05, 0) is 12.1 Å². The number of H-pyrrole nitrogens is 1. The Morgan fingerprint density at radius 2 is 2.14 bits per heavy atom. The summed E-state index contributed by atoms with van der Waals surface area (Å²) in [5.41, 5.74) is 2.18. The van der Waals surface area contributed by atoms with Crippen molar-refractivity contribution >= 4 is 5.65 Å². The van der Waals surface area contributed by atoms with Crippen molar-refractivity contribution < 1.29 is 4.42 Å². The Morgan fingerprint density at radius 1 is 1.19 bits per heavy atom. The standard InChI is InChI=1S/C14H9N5O2/c20-12-7-11(10-3-1-2-4-15-10)18-13-9(8-17-19(12)13)14-16-5-6-21-14/h1-8,18H. The molecule has 4 aromatic heterocycles. The van der Waals surface area contributed by atoms with Crippen molar-refractivity contribution in [2.75, 3.05) is 0 Å². The van der Waals surface area contributed by atoms with Crippen molar-refractivity contribution in [2.45, 2.75) is 0 Å². The number of hydrogen-bond acceptors (Lipinski definition) is 5. The van der Waals surface area contributed by atoms with Crippen LogP contribution in [0, 0.1) is 0 Å². The highest BCUT2D eigenvalue weighted by Crippen LogP contribution is 2.22. The maximum absolute atomic E-state index is 12.2. The lowest BCUT2D eigenvalue weighted by Crippen LogP contribution is -2.14. The molecule has 4 rings (SSSR count). The summed E-state index contributed by atoms with van der Waals surface area (Å²) >= 11 is 0. The molecule has 4 aromatic rings. The first kappa shape index (κ1) is 11.6. The van der Waals surface area contributed by atoms with Crippen LogP contribution in [0.25, 0.3) is 28.5 Å². The number of aromatic nitrogens is 5. The second-order valence-electron chi connectivity index (χ2n) is 4.39. The summed E-state index contributed by atoms with van der Waals surface area (Å²) in [7, 11) is 0. The summed E-state index contributed by atoms with van der Waals surface area (Å²) in [5.74, 6) is 0.402. The lowest BCUT2D eigenvalue weighted by atomic mass is 10.2. The van der Waals surface area contributed by atoms with Gasteiger partial charge in [0.2, 0.25) is 5.89 Å². The summed E-state index contributed by atoms with van der Waals surface area (Å²) in [5, 5.41) is 4.06. The molecule has 7 heteroatoms. The number of aromatic amines is 1. The number of pyridine rings is 1. The van der Waals surface area contributed by atoms with Gasteiger partial charge in [-0.2, -0.15) is 9.61 Å². The van der Waals surface area contributed by atoms with Crippen LogP contribution in [0.3, 0.4) is 0 Å². The number of hydrogen-bond donors (Lipinski definition) is 1. The Bertz CT molecular complexity index is 954. The van der Waals surface area contributed by atoms with Crippen LogP contribution >= 0.6 is 0 Å². The summed E-state index contributed by atoms with van der Waals surface area (Å²) in [6, 6.07) is 6.96. The molecule has 0 bridgehead atoms. The van der Waals surface area contributed by atoms with Gasteiger partial charge in [-0.25, -0.2) is 4.98 Å². The van der Waals surface area contributed by atoms with E-state index in [1.807, 2.05) is 18.2 Å². The van der Waals surface area contributed by atoms with E-state index < -0.39 is 0 Å². The minimum atomic E-state index is -0.248. The predicted molar refractivity (Wildman–Crippen MR) is 74.5 cm³/mol. The van der Waals surface area contributed by atoms with Crippen LogP contribution in [0.5, 0.6) is 0 Å². The Hall–Kier alpha value is -3.22. The Balaban J connectivity index is 2.00. The van der Waals surface area contributed by atoms with Crippen LogP contribution in [0.15, 0.2) is 58.3 Å². The molecule has 0 radical (unpaired) electrons. The zero-order chi connectivity index (χ0) is 14.2. The molecule has 7 nitrogen and oxygen atoms in total. The SMILES string of the molecule is O=c1cc(-c2ccccn2)[nH]c2c(-c3ncco3)cnn12. The first-order valence-corrected chi connectivity index (χ1v) is 6.25. The molecule has 0 spiro atoms. The maximum Gasteiger partial charge on any atom is 0.274 e. The Morgan fingerprint density at radius 3 is 2.90 bits per heavy atom. The molecular formula is C14H9N5O2. The number of nitrogens with zero attached hydrogens (tertiary/aromatic N) is 4. The fourth-order valence-corrected chi connectivity index (χ4v) is 2.16. The van der Waals surface area contributed by atoms with E-state index in [0.29, 0.717) is 28.5 Å². The van der Waals surface area contributed by atoms with Crippen LogP contribution in [0.2, 0.25) is 0 Å². The van der Waals surface area contributed by atoms with E-state index in [-0.39, 0.29) is 5.56 Å². The van der Waals surface area contributed by atoms with Crippen LogP contribution in [0.4, 0.5) is 0 Å². The summed E-state index contributed by atoms with van der Waals surface area (Å²) < 4.78 is 6.54. The molecule has 0 amide bonds. The molecule has 21 heavy (non-hydrogen) atoms. The zero-order valence-corrected chi connectivity index (χ0v) is 10.7. The van der Waals surface area contributed by atoms with Gasteiger partial charge in [-0.1, -0.05) is 6.07 Å². The third-order valence-corrected chi connectivity index (χ3v) is 3.10. The molecule has 0 unspecified atom stereocenters. The van der Waals surface area contributed by atoms with Gasteiger partial charge < -0.3 is 9.40 Å². The van der Waals surface area contributed by atoms with Crippen molar-refractivity contribution in [1.29, 1.82) is 0 Å². The highest BCUT2D eigenvalue weighted by molar-refractivity contribution is 5.72. The lowest BCUT2D eigenvalue weighted by molar-refractivity contribution is 0.575. The molecule has 0 aliphatic carbocycles. The van der Waals surface area contributed by atoms with Gasteiger partial charge in [0.1, 0.15) is 11.8 Å². The quantitative estimate of drug-likeness (QED) is 0.603. The summed E-state index contributed by atoms with van der Waals surface area (Å²) in [6.07, 6.45) is 6.23. The van der Waals surface area contributed by atoms with E-state index in [9.17, 15) is 4.79 Å². The van der Waals surface area contributed by atoms with E-state index >= 15 is 0 Å². The van der Waals surface area contributed by atoms with Crippen molar-refractivity contribution in [3.63, 3.8) is 0 Å². The Labute approximate surface area is 117 Å². The van der Waals surface area contributed by atoms with Crippen LogP contribution in [-0.4, -0.2) is 24.6 Å². The van der Waals surface area contributed by atoms with Crippen LogP contribution in [-0.2, 0) is 0 Å². The third-order valence-electron chi connectivity index (χ3n) is 3.10. The molecule has 1 N–H and O–H groups in total. The lowest BCUT2D eigenvalue weighted by Gasteiger charge is -2.02. The number of oxazole rings is 1. The molecule has 0 fully saturated rings. The fraction of sp³-hybridized carbons (Fsp3) is 0. The van der Waals surface area contributed by atoms with Gasteiger partial charge in [0.15, 0.2) is 5.65 Å². The molecule has 0 aliphatic heterocycles. The number of nitrogens with one attached hydrogen (secondary N) is 1. The molecule has 0 saturated carbocycles. The summed E-state index contributed by atoms with van der Waals surface area (Å²) in [4.78, 5) is 23.6. The molecule has 102 valence electrons. The van der Waals surface area contributed by atoms with E-state index in [2.05, 4.69) is 20.1 Å². The molecule has 4 heterocycles. The van der Waals surface area contributed by atoms with Gasteiger partial charge in [-0.3, -0.25) is 9.78 Å². The highest BCUT2D eigenvalue weighted by Gasteiger charge is 2.14. The first-order valence-electron chi connectivity index (χ1n) is 6.25. The average molecular weight is 279 g/mol. The van der Waals surface area contributed by atoms with Gasteiger partial charge in [0.25, 0.3) is 5.56 Å². The van der Waals surface area contributed by atoms with Crippen molar-refractivity contribution in [3.05, 3.63) is 59.5 Å². The van der Waals surface area contributed by atoms with Gasteiger partial charge in [0, 0.05) is 12.3 Å². The monoisotopic (exact) mass is 279 g/mol. The van der Waals surface area contributed by atoms with Crippen molar-refractivity contribution in [1.82, 2.24) is 24.6 Å². The third kappa shape index (κ3) is 1.83. The largest absolute Gasteiger partial charge is 0.444 e. The molecular weight excluding hydrogens is 270 g/mol. The molecule has 0 atom stereocenters. The Kier molecular flexibility index (Phi) is 2.43. The van der Waals surface area contributed by atoms with Crippen molar-refractivity contribution in [3.8, 4) is 22.8 Å². The molecule has 0 aromatic carbocycles. The second-order valence-corrected chi connectivity index (χ2v) is 4.39. The molecule has 0 saturated heterocycles. The van der Waals surface area contributed by atoms with E-state index in [1.165, 1.54) is 16.8 Å². The summed E-state index contributed by atoms with van der Waals surface area (Å²) in [6.45, 7) is 0. The van der Waals surface area contributed by atoms with E-state index in [0.717, 1.165) is 0 Å². The highest BCUT2D eigenvalue weighted by atomic mass is 16.3. The smallest absolute Gasteiger partial charge is 0.274 e. The average Bonchev–Trinajstić information content (AvgIpc) is 3.16. The maximum atomic E-state index is 12.2. The van der Waals surface area contributed by atoms with Gasteiger partial charge in [-0.15, -0.1) is 0 Å². The van der Waals surface area contributed by atoms with Gasteiger partial charge in [0.05, 0.1) is 23.8 Å². The van der Waals surface area contributed by atoms with E-state index in [4.69, 9.17) is 4.42 Å². The fourth-order valence-electron chi connectivity index (χ4n) is 2.16. The zero-order valence-electron chi connectivity index (χ0n) is 10.7. The predicted octanol–water partition coefficient (Wildman–Crippen LogP) is 1.74. The van der Waals surface area contributed by atoms with Crippen LogP contribution < -0.4 is 5.56 Å². The van der Waals surface area contributed by atoms with Gasteiger partial charge >= 0.3 is 0 Å². The molecule has 0 aliphatic rings. The minimum Gasteiger partial charge on any atom is -0.444 e. The van der Waals surface area contributed by atoms with E-state index in [1.54, 1.807) is 18.6 Å². The number of rotatable bonds is 2. The normalized spacial score (nSPS) is 11.0.